The summed E-state index contributed by atoms with van der Waals surface area (Å²) < 4.78 is 41.8. The van der Waals surface area contributed by atoms with E-state index in [1.807, 2.05) is 0 Å². The van der Waals surface area contributed by atoms with Crippen molar-refractivity contribution in [3.05, 3.63) is 17.3 Å². The van der Waals surface area contributed by atoms with Crippen molar-refractivity contribution in [2.75, 3.05) is 13.1 Å². The van der Waals surface area contributed by atoms with Crippen LogP contribution in [-0.2, 0) is 0 Å². The topological polar surface area (TPSA) is 46.3 Å². The fourth-order valence-electron chi connectivity index (χ4n) is 1.72. The Hall–Kier alpha value is -1.53. The van der Waals surface area contributed by atoms with Crippen molar-refractivity contribution in [1.29, 1.82) is 0 Å². The summed E-state index contributed by atoms with van der Waals surface area (Å²) >= 11 is 0. The first-order chi connectivity index (χ1) is 7.79. The van der Waals surface area contributed by atoms with Crippen molar-refractivity contribution in [3.63, 3.8) is 0 Å². The molecule has 0 aliphatic carbocycles. The highest BCUT2D eigenvalue weighted by atomic mass is 19.4. The Morgan fingerprint density at radius 1 is 1.41 bits per heavy atom. The summed E-state index contributed by atoms with van der Waals surface area (Å²) in [5.74, 6) is -1.58. The Balaban J connectivity index is 2.03. The van der Waals surface area contributed by atoms with Gasteiger partial charge in [-0.05, 0) is 6.92 Å². The molecule has 0 spiro atoms. The number of hydrogen-bond acceptors (Lipinski definition) is 3. The van der Waals surface area contributed by atoms with E-state index in [2.05, 4.69) is 4.98 Å². The van der Waals surface area contributed by atoms with Crippen LogP contribution in [-0.4, -0.2) is 35.1 Å². The van der Waals surface area contributed by atoms with Crippen LogP contribution in [0.25, 0.3) is 0 Å². The van der Waals surface area contributed by atoms with Gasteiger partial charge in [0.15, 0.2) is 5.89 Å². The van der Waals surface area contributed by atoms with Crippen molar-refractivity contribution in [1.82, 2.24) is 9.88 Å². The van der Waals surface area contributed by atoms with Crippen LogP contribution in [0.15, 0.2) is 4.42 Å². The van der Waals surface area contributed by atoms with Crippen molar-refractivity contribution in [2.24, 2.45) is 5.92 Å². The highest BCUT2D eigenvalue weighted by Gasteiger charge is 2.49. The van der Waals surface area contributed by atoms with Crippen LogP contribution in [0.3, 0.4) is 0 Å². The summed E-state index contributed by atoms with van der Waals surface area (Å²) in [5, 5.41) is 0. The quantitative estimate of drug-likeness (QED) is 0.762. The molecule has 4 nitrogen and oxygen atoms in total. The summed E-state index contributed by atoms with van der Waals surface area (Å²) in [5.41, 5.74) is 0.406. The molecule has 7 heteroatoms. The lowest BCUT2D eigenvalue weighted by molar-refractivity contribution is -0.202. The number of halogens is 3. The molecule has 2 heterocycles. The Morgan fingerprint density at radius 3 is 2.41 bits per heavy atom. The third-order valence-corrected chi connectivity index (χ3v) is 2.73. The molecule has 0 bridgehead atoms. The van der Waals surface area contributed by atoms with Crippen LogP contribution >= 0.6 is 0 Å². The maximum Gasteiger partial charge on any atom is 0.395 e. The molecule has 2 rings (SSSR count). The molecule has 0 atom stereocenters. The zero-order chi connectivity index (χ0) is 12.8. The lowest BCUT2D eigenvalue weighted by Gasteiger charge is -2.39. The third-order valence-electron chi connectivity index (χ3n) is 2.73. The molecule has 0 unspecified atom stereocenters. The number of rotatable bonds is 1. The Kier molecular flexibility index (Phi) is 2.63. The predicted molar refractivity (Wildman–Crippen MR) is 51.4 cm³/mol. The summed E-state index contributed by atoms with van der Waals surface area (Å²) in [6.45, 7) is 2.56. The van der Waals surface area contributed by atoms with Gasteiger partial charge in [-0.25, -0.2) is 4.98 Å². The maximum absolute atomic E-state index is 12.2. The lowest BCUT2D eigenvalue weighted by atomic mass is 9.99. The minimum atomic E-state index is -4.23. The SMILES string of the molecule is Cc1nc(C)c(C(=O)N2CC(C(F)(F)F)C2)o1. The van der Waals surface area contributed by atoms with Crippen LogP contribution in [0.2, 0.25) is 0 Å². The Morgan fingerprint density at radius 2 is 2.00 bits per heavy atom. The molecular weight excluding hydrogens is 237 g/mol. The van der Waals surface area contributed by atoms with Gasteiger partial charge < -0.3 is 9.32 Å². The average molecular weight is 248 g/mol. The molecule has 94 valence electrons. The zero-order valence-electron chi connectivity index (χ0n) is 9.34. The Labute approximate surface area is 95.4 Å². The van der Waals surface area contributed by atoms with Crippen LogP contribution in [0.5, 0.6) is 0 Å². The van der Waals surface area contributed by atoms with Crippen LogP contribution in [0.1, 0.15) is 22.1 Å². The molecule has 0 radical (unpaired) electrons. The number of alkyl halides is 3. The van der Waals surface area contributed by atoms with Gasteiger partial charge in [0, 0.05) is 20.0 Å². The number of likely N-dealkylation sites (tertiary alicyclic amines) is 1. The number of aryl methyl sites for hydroxylation is 2. The van der Waals surface area contributed by atoms with Crippen molar-refractivity contribution in [3.8, 4) is 0 Å². The first-order valence-corrected chi connectivity index (χ1v) is 5.09. The van der Waals surface area contributed by atoms with E-state index in [1.54, 1.807) is 13.8 Å². The van der Waals surface area contributed by atoms with E-state index in [9.17, 15) is 18.0 Å². The smallest absolute Gasteiger partial charge is 0.395 e. The van der Waals surface area contributed by atoms with Crippen molar-refractivity contribution in [2.45, 2.75) is 20.0 Å². The number of hydrogen-bond donors (Lipinski definition) is 0. The minimum Gasteiger partial charge on any atom is -0.436 e. The summed E-state index contributed by atoms with van der Waals surface area (Å²) in [6.07, 6.45) is -4.23. The monoisotopic (exact) mass is 248 g/mol. The number of carbonyl (C=O) groups excluding carboxylic acids is 1. The fraction of sp³-hybridized carbons (Fsp3) is 0.600. The van der Waals surface area contributed by atoms with E-state index < -0.39 is 18.0 Å². The number of nitrogens with zero attached hydrogens (tertiary/aromatic N) is 2. The van der Waals surface area contributed by atoms with Crippen LogP contribution in [0, 0.1) is 19.8 Å². The van der Waals surface area contributed by atoms with E-state index in [4.69, 9.17) is 4.42 Å². The van der Waals surface area contributed by atoms with Crippen molar-refractivity contribution < 1.29 is 22.4 Å². The van der Waals surface area contributed by atoms with Crippen LogP contribution in [0.4, 0.5) is 13.2 Å². The average Bonchev–Trinajstić information content (AvgIpc) is 2.39. The third kappa shape index (κ3) is 2.13. The highest BCUT2D eigenvalue weighted by Crippen LogP contribution is 2.34. The first kappa shape index (κ1) is 11.9. The van der Waals surface area contributed by atoms with E-state index in [-0.39, 0.29) is 18.8 Å². The number of aromatic nitrogens is 1. The van der Waals surface area contributed by atoms with Crippen LogP contribution < -0.4 is 0 Å². The molecule has 1 saturated heterocycles. The first-order valence-electron chi connectivity index (χ1n) is 5.09. The normalized spacial score (nSPS) is 17.1. The predicted octanol–water partition coefficient (Wildman–Crippen LogP) is 1.93. The molecule has 0 aromatic carbocycles. The highest BCUT2D eigenvalue weighted by molar-refractivity contribution is 5.93. The fourth-order valence-corrected chi connectivity index (χ4v) is 1.72. The molecule has 1 aromatic rings. The van der Waals surface area contributed by atoms with E-state index in [0.717, 1.165) is 4.90 Å². The molecule has 1 aliphatic rings. The molecule has 17 heavy (non-hydrogen) atoms. The second kappa shape index (κ2) is 3.75. The number of oxazole rings is 1. The largest absolute Gasteiger partial charge is 0.436 e. The lowest BCUT2D eigenvalue weighted by Crippen LogP contribution is -2.55. The van der Waals surface area contributed by atoms with Gasteiger partial charge in [0.25, 0.3) is 5.91 Å². The van der Waals surface area contributed by atoms with Gasteiger partial charge in [-0.15, -0.1) is 0 Å². The standard InChI is InChI=1S/C10H11F3N2O2/c1-5-8(17-6(2)14-5)9(16)15-3-7(4-15)10(11,12)13/h7H,3-4H2,1-2H3. The molecule has 1 fully saturated rings. The second-order valence-corrected chi connectivity index (χ2v) is 4.10. The Bertz CT molecular complexity index is 447. The van der Waals surface area contributed by atoms with E-state index >= 15 is 0 Å². The van der Waals surface area contributed by atoms with Gasteiger partial charge in [0.1, 0.15) is 0 Å². The maximum atomic E-state index is 12.2. The number of carbonyl (C=O) groups is 1. The zero-order valence-corrected chi connectivity index (χ0v) is 9.34. The van der Waals surface area contributed by atoms with Crippen molar-refractivity contribution >= 4 is 5.91 Å². The summed E-state index contributed by atoms with van der Waals surface area (Å²) in [4.78, 5) is 16.8. The molecule has 1 aromatic heterocycles. The van der Waals surface area contributed by atoms with E-state index in [0.29, 0.717) is 11.6 Å². The van der Waals surface area contributed by atoms with Gasteiger partial charge in [-0.2, -0.15) is 13.2 Å². The van der Waals surface area contributed by atoms with Gasteiger partial charge in [-0.1, -0.05) is 0 Å². The van der Waals surface area contributed by atoms with Gasteiger partial charge in [-0.3, -0.25) is 4.79 Å². The molecule has 0 N–H and O–H groups in total. The molecular formula is C10H11F3N2O2. The molecule has 1 amide bonds. The van der Waals surface area contributed by atoms with E-state index in [1.165, 1.54) is 0 Å². The summed E-state index contributed by atoms with van der Waals surface area (Å²) in [6, 6.07) is 0. The van der Waals surface area contributed by atoms with Gasteiger partial charge in [0.05, 0.1) is 11.6 Å². The summed E-state index contributed by atoms with van der Waals surface area (Å²) in [7, 11) is 0. The molecule has 0 saturated carbocycles. The minimum absolute atomic E-state index is 0.0307. The van der Waals surface area contributed by atoms with Gasteiger partial charge >= 0.3 is 6.18 Å². The molecule has 1 aliphatic heterocycles. The number of amides is 1. The second-order valence-electron chi connectivity index (χ2n) is 4.10. The van der Waals surface area contributed by atoms with Gasteiger partial charge in [0.2, 0.25) is 5.76 Å².